The molecule has 110 valence electrons. The van der Waals surface area contributed by atoms with Crippen molar-refractivity contribution in [2.45, 2.75) is 6.54 Å². The van der Waals surface area contributed by atoms with E-state index in [0.717, 1.165) is 17.0 Å². The van der Waals surface area contributed by atoms with Crippen molar-refractivity contribution in [3.8, 4) is 11.4 Å². The van der Waals surface area contributed by atoms with Crippen LogP contribution in [0.5, 0.6) is 0 Å². The number of aromatic nitrogens is 2. The summed E-state index contributed by atoms with van der Waals surface area (Å²) in [7, 11) is 0. The maximum atomic E-state index is 11.1. The van der Waals surface area contributed by atoms with Crippen LogP contribution in [-0.4, -0.2) is 20.6 Å². The third-order valence-electron chi connectivity index (χ3n) is 3.36. The minimum absolute atomic E-state index is 0.275. The van der Waals surface area contributed by atoms with Crippen molar-refractivity contribution in [2.24, 2.45) is 0 Å². The summed E-state index contributed by atoms with van der Waals surface area (Å²) < 4.78 is 1.95. The van der Waals surface area contributed by atoms with Crippen molar-refractivity contribution in [2.75, 3.05) is 0 Å². The molecule has 5 heteroatoms. The predicted octanol–water partition coefficient (Wildman–Crippen LogP) is 3.95. The van der Waals surface area contributed by atoms with Gasteiger partial charge in [-0.3, -0.25) is 0 Å². The molecule has 0 aliphatic carbocycles. The van der Waals surface area contributed by atoms with Gasteiger partial charge in [0.05, 0.1) is 10.6 Å². The lowest BCUT2D eigenvalue weighted by Crippen LogP contribution is -2.03. The van der Waals surface area contributed by atoms with Crippen LogP contribution in [0.2, 0.25) is 5.02 Å². The Kier molecular flexibility index (Phi) is 3.94. The van der Waals surface area contributed by atoms with Crippen LogP contribution < -0.4 is 0 Å². The van der Waals surface area contributed by atoms with Gasteiger partial charge in [-0.25, -0.2) is 9.78 Å². The van der Waals surface area contributed by atoms with Gasteiger partial charge in [0.1, 0.15) is 5.82 Å². The van der Waals surface area contributed by atoms with Gasteiger partial charge in [0.15, 0.2) is 0 Å². The molecule has 3 aromatic rings. The van der Waals surface area contributed by atoms with Crippen LogP contribution >= 0.6 is 11.6 Å². The van der Waals surface area contributed by atoms with E-state index in [2.05, 4.69) is 4.98 Å². The summed E-state index contributed by atoms with van der Waals surface area (Å²) in [6.45, 7) is 0.529. The SMILES string of the molecule is O=C(O)c1cccc(Cn2ccnc2-c2ccccc2Cl)c1. The molecular formula is C17H13ClN2O2. The van der Waals surface area contributed by atoms with Gasteiger partial charge >= 0.3 is 5.97 Å². The third-order valence-corrected chi connectivity index (χ3v) is 3.69. The summed E-state index contributed by atoms with van der Waals surface area (Å²) in [5.74, 6) is -0.176. The maximum absolute atomic E-state index is 11.1. The van der Waals surface area contributed by atoms with Crippen LogP contribution in [0.4, 0.5) is 0 Å². The smallest absolute Gasteiger partial charge is 0.335 e. The summed E-state index contributed by atoms with van der Waals surface area (Å²) in [5.41, 5.74) is 2.02. The topological polar surface area (TPSA) is 55.1 Å². The molecule has 0 spiro atoms. The van der Waals surface area contributed by atoms with E-state index in [9.17, 15) is 4.79 Å². The Balaban J connectivity index is 1.95. The molecule has 1 N–H and O–H groups in total. The molecule has 0 saturated heterocycles. The van der Waals surface area contributed by atoms with Gasteiger partial charge in [-0.1, -0.05) is 35.9 Å². The summed E-state index contributed by atoms with van der Waals surface area (Å²) in [5, 5.41) is 9.70. The molecule has 1 aromatic heterocycles. The Morgan fingerprint density at radius 3 is 2.77 bits per heavy atom. The number of aromatic carboxylic acids is 1. The lowest BCUT2D eigenvalue weighted by molar-refractivity contribution is 0.0696. The van der Waals surface area contributed by atoms with Crippen molar-refractivity contribution >= 4 is 17.6 Å². The van der Waals surface area contributed by atoms with Gasteiger partial charge in [-0.15, -0.1) is 0 Å². The highest BCUT2D eigenvalue weighted by molar-refractivity contribution is 6.33. The van der Waals surface area contributed by atoms with E-state index in [0.29, 0.717) is 11.6 Å². The molecule has 0 amide bonds. The molecule has 4 nitrogen and oxygen atoms in total. The van der Waals surface area contributed by atoms with E-state index in [1.807, 2.05) is 41.1 Å². The second-order valence-corrected chi connectivity index (χ2v) is 5.27. The second kappa shape index (κ2) is 6.03. The second-order valence-electron chi connectivity index (χ2n) is 4.86. The first kappa shape index (κ1) is 14.4. The van der Waals surface area contributed by atoms with Crippen molar-refractivity contribution in [1.29, 1.82) is 0 Å². The van der Waals surface area contributed by atoms with Gasteiger partial charge < -0.3 is 9.67 Å². The average Bonchev–Trinajstić information content (AvgIpc) is 2.96. The first-order valence-corrected chi connectivity index (χ1v) is 7.11. The van der Waals surface area contributed by atoms with Gasteiger partial charge in [0, 0.05) is 24.5 Å². The van der Waals surface area contributed by atoms with Crippen molar-refractivity contribution in [3.63, 3.8) is 0 Å². The van der Waals surface area contributed by atoms with Gasteiger partial charge in [0.2, 0.25) is 0 Å². The number of imidazole rings is 1. The van der Waals surface area contributed by atoms with E-state index < -0.39 is 5.97 Å². The van der Waals surface area contributed by atoms with Crippen LogP contribution in [0.25, 0.3) is 11.4 Å². The molecule has 0 fully saturated rings. The van der Waals surface area contributed by atoms with E-state index in [-0.39, 0.29) is 5.56 Å². The lowest BCUT2D eigenvalue weighted by atomic mass is 10.1. The Bertz CT molecular complexity index is 827. The summed E-state index contributed by atoms with van der Waals surface area (Å²) in [6.07, 6.45) is 3.56. The van der Waals surface area contributed by atoms with Gasteiger partial charge in [0.25, 0.3) is 0 Å². The molecule has 3 rings (SSSR count). The number of halogens is 1. The molecule has 0 radical (unpaired) electrons. The minimum Gasteiger partial charge on any atom is -0.478 e. The molecule has 1 heterocycles. The normalized spacial score (nSPS) is 10.6. The molecule has 0 aliphatic heterocycles. The molecule has 22 heavy (non-hydrogen) atoms. The molecular weight excluding hydrogens is 300 g/mol. The lowest BCUT2D eigenvalue weighted by Gasteiger charge is -2.10. The van der Waals surface area contributed by atoms with Gasteiger partial charge in [-0.2, -0.15) is 0 Å². The summed E-state index contributed by atoms with van der Waals surface area (Å²) in [4.78, 5) is 15.4. The largest absolute Gasteiger partial charge is 0.478 e. The average molecular weight is 313 g/mol. The first-order chi connectivity index (χ1) is 10.6. The fourth-order valence-corrected chi connectivity index (χ4v) is 2.54. The zero-order chi connectivity index (χ0) is 15.5. The fraction of sp³-hybridized carbons (Fsp3) is 0.0588. The van der Waals surface area contributed by atoms with E-state index in [4.69, 9.17) is 16.7 Å². The quantitative estimate of drug-likeness (QED) is 0.793. The maximum Gasteiger partial charge on any atom is 0.335 e. The van der Waals surface area contributed by atoms with E-state index >= 15 is 0 Å². The number of rotatable bonds is 4. The zero-order valence-electron chi connectivity index (χ0n) is 11.6. The third kappa shape index (κ3) is 2.87. The summed E-state index contributed by atoms with van der Waals surface area (Å²) in [6, 6.07) is 14.4. The number of nitrogens with zero attached hydrogens (tertiary/aromatic N) is 2. The Labute approximate surface area is 132 Å². The number of benzene rings is 2. The molecule has 0 bridgehead atoms. The number of carboxylic acid groups (broad SMARTS) is 1. The monoisotopic (exact) mass is 312 g/mol. The summed E-state index contributed by atoms with van der Waals surface area (Å²) >= 11 is 6.23. The van der Waals surface area contributed by atoms with Crippen molar-refractivity contribution < 1.29 is 9.90 Å². The Hall–Kier alpha value is -2.59. The molecule has 0 atom stereocenters. The molecule has 0 saturated carbocycles. The number of carbonyl (C=O) groups is 1. The molecule has 2 aromatic carbocycles. The van der Waals surface area contributed by atoms with E-state index in [1.54, 1.807) is 24.4 Å². The highest BCUT2D eigenvalue weighted by Gasteiger charge is 2.10. The predicted molar refractivity (Wildman–Crippen MR) is 85.2 cm³/mol. The fourth-order valence-electron chi connectivity index (χ4n) is 2.32. The van der Waals surface area contributed by atoms with Crippen LogP contribution in [0.3, 0.4) is 0 Å². The highest BCUT2D eigenvalue weighted by atomic mass is 35.5. The standard InChI is InChI=1S/C17H13ClN2O2/c18-15-7-2-1-6-14(15)16-19-8-9-20(16)11-12-4-3-5-13(10-12)17(21)22/h1-10H,11H2,(H,21,22). The zero-order valence-corrected chi connectivity index (χ0v) is 12.4. The minimum atomic E-state index is -0.932. The van der Waals surface area contributed by atoms with Gasteiger partial charge in [-0.05, 0) is 29.8 Å². The molecule has 0 aliphatic rings. The van der Waals surface area contributed by atoms with Crippen LogP contribution in [0.1, 0.15) is 15.9 Å². The highest BCUT2D eigenvalue weighted by Crippen LogP contribution is 2.26. The first-order valence-electron chi connectivity index (χ1n) is 6.73. The van der Waals surface area contributed by atoms with Crippen molar-refractivity contribution in [1.82, 2.24) is 9.55 Å². The number of hydrogen-bond donors (Lipinski definition) is 1. The molecule has 0 unspecified atom stereocenters. The van der Waals surface area contributed by atoms with Crippen LogP contribution in [0, 0.1) is 0 Å². The van der Waals surface area contributed by atoms with E-state index in [1.165, 1.54) is 0 Å². The number of carboxylic acids is 1. The Morgan fingerprint density at radius 2 is 2.00 bits per heavy atom. The Morgan fingerprint density at radius 1 is 1.18 bits per heavy atom. The van der Waals surface area contributed by atoms with Crippen molar-refractivity contribution in [3.05, 3.63) is 77.1 Å². The van der Waals surface area contributed by atoms with Crippen LogP contribution in [0.15, 0.2) is 60.9 Å². The number of hydrogen-bond acceptors (Lipinski definition) is 2. The van der Waals surface area contributed by atoms with Crippen LogP contribution in [-0.2, 0) is 6.54 Å².